The summed E-state index contributed by atoms with van der Waals surface area (Å²) < 4.78 is 1.00. The predicted octanol–water partition coefficient (Wildman–Crippen LogP) is 2.68. The van der Waals surface area contributed by atoms with Gasteiger partial charge in [-0.2, -0.15) is 5.10 Å². The third-order valence-corrected chi connectivity index (χ3v) is 6.91. The van der Waals surface area contributed by atoms with Gasteiger partial charge in [-0.25, -0.2) is 4.68 Å². The summed E-state index contributed by atoms with van der Waals surface area (Å²) in [4.78, 5) is 32.1. The van der Waals surface area contributed by atoms with Gasteiger partial charge in [0.15, 0.2) is 0 Å². The van der Waals surface area contributed by atoms with Gasteiger partial charge in [-0.15, -0.1) is 0 Å². The van der Waals surface area contributed by atoms with Gasteiger partial charge in [0.1, 0.15) is 6.73 Å². The molecule has 1 aliphatic heterocycles. The van der Waals surface area contributed by atoms with Crippen LogP contribution < -0.4 is 15.8 Å². The molecule has 0 bridgehead atoms. The molecule has 2 aliphatic rings. The van der Waals surface area contributed by atoms with Crippen molar-refractivity contribution in [3.63, 3.8) is 0 Å². The number of carbonyl (C=O) groups is 1. The normalized spacial score (nSPS) is 18.8. The van der Waals surface area contributed by atoms with Crippen LogP contribution >= 0.6 is 0 Å². The Hall–Kier alpha value is -3.10. The Morgan fingerprint density at radius 3 is 2.61 bits per heavy atom. The quantitative estimate of drug-likeness (QED) is 0.603. The zero-order valence-corrected chi connectivity index (χ0v) is 18.6. The van der Waals surface area contributed by atoms with Gasteiger partial charge < -0.3 is 15.3 Å². The molecule has 33 heavy (non-hydrogen) atoms. The van der Waals surface area contributed by atoms with E-state index in [-0.39, 0.29) is 17.5 Å². The Morgan fingerprint density at radius 2 is 1.94 bits per heavy atom. The molecule has 1 aromatic carbocycles. The van der Waals surface area contributed by atoms with Crippen molar-refractivity contribution in [3.05, 3.63) is 64.3 Å². The van der Waals surface area contributed by atoms with Crippen molar-refractivity contribution in [1.82, 2.24) is 20.1 Å². The molecular weight excluding hydrogens is 418 g/mol. The van der Waals surface area contributed by atoms with Crippen LogP contribution in [0.4, 0.5) is 5.69 Å². The lowest BCUT2D eigenvalue weighted by Gasteiger charge is -2.33. The van der Waals surface area contributed by atoms with Gasteiger partial charge in [-0.3, -0.25) is 14.6 Å². The van der Waals surface area contributed by atoms with Gasteiger partial charge in [0.25, 0.3) is 5.56 Å². The smallest absolute Gasteiger partial charge is 0.276 e. The number of rotatable bonds is 6. The number of fused-ring (bicyclic) bond motifs is 1. The minimum atomic E-state index is -0.475. The van der Waals surface area contributed by atoms with Crippen LogP contribution in [0.1, 0.15) is 55.7 Å². The van der Waals surface area contributed by atoms with Gasteiger partial charge in [-0.05, 0) is 61.6 Å². The van der Waals surface area contributed by atoms with E-state index < -0.39 is 6.73 Å². The molecule has 0 spiro atoms. The lowest BCUT2D eigenvalue weighted by atomic mass is 9.85. The molecule has 1 saturated carbocycles. The number of hydrogen-bond acceptors (Lipinski definition) is 6. The molecule has 1 atom stereocenters. The fraction of sp³-hybridized carbons (Fsp3) is 0.440. The van der Waals surface area contributed by atoms with E-state index in [0.717, 1.165) is 23.3 Å². The van der Waals surface area contributed by atoms with E-state index in [0.29, 0.717) is 28.9 Å². The summed E-state index contributed by atoms with van der Waals surface area (Å²) in [5.41, 5.74) is 2.45. The second-order valence-corrected chi connectivity index (χ2v) is 9.00. The molecular formula is C25H29N5O3. The second-order valence-electron chi connectivity index (χ2n) is 9.00. The maximum absolute atomic E-state index is 13.3. The summed E-state index contributed by atoms with van der Waals surface area (Å²) in [6.07, 6.45) is 10.6. The predicted molar refractivity (Wildman–Crippen MR) is 126 cm³/mol. The fourth-order valence-corrected chi connectivity index (χ4v) is 4.80. The zero-order valence-electron chi connectivity index (χ0n) is 18.6. The Bertz CT molecular complexity index is 1200. The Labute approximate surface area is 192 Å². The van der Waals surface area contributed by atoms with Crippen LogP contribution in [-0.4, -0.2) is 38.4 Å². The summed E-state index contributed by atoms with van der Waals surface area (Å²) in [7, 11) is 0. The van der Waals surface area contributed by atoms with Gasteiger partial charge in [0.05, 0.1) is 29.9 Å². The minimum absolute atomic E-state index is 0.00424. The third-order valence-electron chi connectivity index (χ3n) is 6.91. The number of pyridine rings is 1. The lowest BCUT2D eigenvalue weighted by molar-refractivity contribution is -0.122. The van der Waals surface area contributed by atoms with Crippen molar-refractivity contribution in [2.75, 3.05) is 11.4 Å². The standard InChI is InChI=1S/C25H29N5O3/c31-16-30-24(32)22-9-8-21(12-19(22)14-28-30)29(25(33)23-10-11-26-23)15-20-7-6-18(13-27-20)17-4-2-1-3-5-17/h6-9,12-14,17,23,26,31H,1-5,10-11,15-16H2/t23-/m1/s1. The molecule has 0 unspecified atom stereocenters. The molecule has 1 saturated heterocycles. The Kier molecular flexibility index (Phi) is 6.20. The van der Waals surface area contributed by atoms with Crippen molar-refractivity contribution < 1.29 is 9.90 Å². The largest absolute Gasteiger partial charge is 0.374 e. The average molecular weight is 448 g/mol. The maximum atomic E-state index is 13.3. The molecule has 0 radical (unpaired) electrons. The van der Waals surface area contributed by atoms with Crippen LogP contribution in [0.2, 0.25) is 0 Å². The Morgan fingerprint density at radius 1 is 1.12 bits per heavy atom. The number of aliphatic hydroxyl groups is 1. The number of amides is 1. The monoisotopic (exact) mass is 447 g/mol. The Balaban J connectivity index is 1.43. The van der Waals surface area contributed by atoms with Crippen LogP contribution in [0.25, 0.3) is 10.8 Å². The first-order valence-corrected chi connectivity index (χ1v) is 11.7. The van der Waals surface area contributed by atoms with Crippen molar-refractivity contribution in [2.45, 2.75) is 63.8 Å². The average Bonchev–Trinajstić information content (AvgIpc) is 2.82. The topological polar surface area (TPSA) is 100 Å². The molecule has 1 amide bonds. The highest BCUT2D eigenvalue weighted by molar-refractivity contribution is 5.99. The van der Waals surface area contributed by atoms with Crippen molar-refractivity contribution in [2.24, 2.45) is 0 Å². The fourth-order valence-electron chi connectivity index (χ4n) is 4.80. The summed E-state index contributed by atoms with van der Waals surface area (Å²) in [6.45, 7) is 0.715. The molecule has 2 N–H and O–H groups in total. The highest BCUT2D eigenvalue weighted by Gasteiger charge is 2.30. The highest BCUT2D eigenvalue weighted by Crippen LogP contribution is 2.32. The van der Waals surface area contributed by atoms with Crippen LogP contribution in [-0.2, 0) is 18.1 Å². The minimum Gasteiger partial charge on any atom is -0.374 e. The molecule has 1 aliphatic carbocycles. The number of nitrogens with one attached hydrogen (secondary N) is 1. The van der Waals surface area contributed by atoms with E-state index in [1.807, 2.05) is 12.3 Å². The first-order chi connectivity index (χ1) is 16.1. The van der Waals surface area contributed by atoms with E-state index in [1.165, 1.54) is 43.9 Å². The number of anilines is 1. The number of hydrogen-bond donors (Lipinski definition) is 2. The van der Waals surface area contributed by atoms with E-state index >= 15 is 0 Å². The van der Waals surface area contributed by atoms with Crippen molar-refractivity contribution in [3.8, 4) is 0 Å². The molecule has 5 rings (SSSR count). The highest BCUT2D eigenvalue weighted by atomic mass is 16.3. The summed E-state index contributed by atoms with van der Waals surface area (Å²) in [5, 5.41) is 17.6. The van der Waals surface area contributed by atoms with Crippen molar-refractivity contribution in [1.29, 1.82) is 0 Å². The SMILES string of the molecule is O=C([C@H]1CCN1)N(Cc1ccc(C2CCCCC2)cn1)c1ccc2c(=O)n(CO)ncc2c1. The second kappa shape index (κ2) is 9.41. The van der Waals surface area contributed by atoms with Crippen LogP contribution in [0.3, 0.4) is 0 Å². The number of carbonyl (C=O) groups excluding carboxylic acids is 1. The molecule has 3 aromatic rings. The third kappa shape index (κ3) is 4.41. The first-order valence-electron chi connectivity index (χ1n) is 11.7. The molecule has 2 fully saturated rings. The molecule has 8 nitrogen and oxygen atoms in total. The van der Waals surface area contributed by atoms with Crippen LogP contribution in [0.15, 0.2) is 47.5 Å². The molecule has 172 valence electrons. The summed E-state index contributed by atoms with van der Waals surface area (Å²) in [5.74, 6) is 0.587. The van der Waals surface area contributed by atoms with Gasteiger partial charge in [0, 0.05) is 17.3 Å². The molecule has 8 heteroatoms. The summed E-state index contributed by atoms with van der Waals surface area (Å²) >= 11 is 0. The first kappa shape index (κ1) is 21.7. The van der Waals surface area contributed by atoms with Gasteiger partial charge >= 0.3 is 0 Å². The van der Waals surface area contributed by atoms with Gasteiger partial charge in [0.2, 0.25) is 5.91 Å². The van der Waals surface area contributed by atoms with Crippen LogP contribution in [0, 0.1) is 0 Å². The van der Waals surface area contributed by atoms with E-state index in [4.69, 9.17) is 4.98 Å². The molecule has 2 aromatic heterocycles. The number of aliphatic hydroxyl groups excluding tert-OH is 1. The van der Waals surface area contributed by atoms with E-state index in [2.05, 4.69) is 16.5 Å². The van der Waals surface area contributed by atoms with E-state index in [9.17, 15) is 14.7 Å². The number of benzene rings is 1. The van der Waals surface area contributed by atoms with Crippen LogP contribution in [0.5, 0.6) is 0 Å². The summed E-state index contributed by atoms with van der Waals surface area (Å²) in [6, 6.07) is 9.25. The zero-order chi connectivity index (χ0) is 22.8. The van der Waals surface area contributed by atoms with E-state index in [1.54, 1.807) is 23.1 Å². The van der Waals surface area contributed by atoms with Gasteiger partial charge in [-0.1, -0.05) is 25.3 Å². The number of nitrogens with zero attached hydrogens (tertiary/aromatic N) is 4. The molecule has 3 heterocycles. The number of aromatic nitrogens is 3. The van der Waals surface area contributed by atoms with Crippen molar-refractivity contribution >= 4 is 22.4 Å². The maximum Gasteiger partial charge on any atom is 0.276 e. The lowest BCUT2D eigenvalue weighted by Crippen LogP contribution is -2.54.